The van der Waals surface area contributed by atoms with Crippen molar-refractivity contribution in [3.63, 3.8) is 0 Å². The quantitative estimate of drug-likeness (QED) is 0.897. The van der Waals surface area contributed by atoms with Gasteiger partial charge in [-0.05, 0) is 50.8 Å². The Morgan fingerprint density at radius 1 is 1.25 bits per heavy atom. The summed E-state index contributed by atoms with van der Waals surface area (Å²) in [5, 5.41) is 0. The molecule has 0 spiro atoms. The molecule has 0 aliphatic heterocycles. The van der Waals surface area contributed by atoms with Crippen molar-refractivity contribution in [1.29, 1.82) is 0 Å². The van der Waals surface area contributed by atoms with Gasteiger partial charge in [0.15, 0.2) is 0 Å². The van der Waals surface area contributed by atoms with Crippen molar-refractivity contribution in [1.82, 2.24) is 4.90 Å². The molecule has 1 fully saturated rings. The SMILES string of the molecule is Cc1cccc(C)c1C(=O)N(CCCN)C1CCCC1. The lowest BCUT2D eigenvalue weighted by Gasteiger charge is -2.30. The van der Waals surface area contributed by atoms with Gasteiger partial charge >= 0.3 is 0 Å². The van der Waals surface area contributed by atoms with Crippen LogP contribution in [0.1, 0.15) is 53.6 Å². The van der Waals surface area contributed by atoms with Crippen molar-refractivity contribution in [2.75, 3.05) is 13.1 Å². The minimum absolute atomic E-state index is 0.195. The monoisotopic (exact) mass is 274 g/mol. The number of nitrogens with zero attached hydrogens (tertiary/aromatic N) is 1. The summed E-state index contributed by atoms with van der Waals surface area (Å²) < 4.78 is 0. The second-order valence-corrected chi connectivity index (χ2v) is 5.85. The predicted molar refractivity (Wildman–Crippen MR) is 82.9 cm³/mol. The molecule has 0 heterocycles. The van der Waals surface area contributed by atoms with Crippen LogP contribution in [-0.4, -0.2) is 29.9 Å². The summed E-state index contributed by atoms with van der Waals surface area (Å²) in [4.78, 5) is 15.0. The summed E-state index contributed by atoms with van der Waals surface area (Å²) in [6, 6.07) is 6.47. The molecule has 20 heavy (non-hydrogen) atoms. The minimum Gasteiger partial charge on any atom is -0.336 e. The van der Waals surface area contributed by atoms with Gasteiger partial charge in [0.05, 0.1) is 0 Å². The lowest BCUT2D eigenvalue weighted by Crippen LogP contribution is -2.40. The Balaban J connectivity index is 2.25. The van der Waals surface area contributed by atoms with Gasteiger partial charge < -0.3 is 10.6 Å². The van der Waals surface area contributed by atoms with E-state index in [1.807, 2.05) is 32.0 Å². The normalized spacial score (nSPS) is 15.6. The number of rotatable bonds is 5. The molecule has 3 heteroatoms. The lowest BCUT2D eigenvalue weighted by atomic mass is 10.0. The average Bonchev–Trinajstić information content (AvgIpc) is 2.93. The Labute approximate surface area is 122 Å². The van der Waals surface area contributed by atoms with Gasteiger partial charge in [-0.15, -0.1) is 0 Å². The summed E-state index contributed by atoms with van der Waals surface area (Å²) in [5.41, 5.74) is 8.67. The van der Waals surface area contributed by atoms with Crippen LogP contribution in [0.5, 0.6) is 0 Å². The van der Waals surface area contributed by atoms with Gasteiger partial charge in [0.25, 0.3) is 5.91 Å². The zero-order valence-corrected chi connectivity index (χ0v) is 12.7. The Bertz CT molecular complexity index is 444. The first kappa shape index (κ1) is 15.0. The molecule has 1 saturated carbocycles. The fourth-order valence-corrected chi connectivity index (χ4v) is 3.22. The van der Waals surface area contributed by atoms with E-state index in [4.69, 9.17) is 5.73 Å². The number of carbonyl (C=O) groups excluding carboxylic acids is 1. The molecule has 1 amide bonds. The van der Waals surface area contributed by atoms with E-state index < -0.39 is 0 Å². The molecule has 2 rings (SSSR count). The molecule has 0 bridgehead atoms. The number of hydrogen-bond acceptors (Lipinski definition) is 2. The smallest absolute Gasteiger partial charge is 0.254 e. The second kappa shape index (κ2) is 6.89. The van der Waals surface area contributed by atoms with Crippen LogP contribution in [0.25, 0.3) is 0 Å². The summed E-state index contributed by atoms with van der Waals surface area (Å²) >= 11 is 0. The molecule has 2 N–H and O–H groups in total. The molecule has 1 aliphatic rings. The zero-order chi connectivity index (χ0) is 14.5. The van der Waals surface area contributed by atoms with Crippen molar-refractivity contribution >= 4 is 5.91 Å². The van der Waals surface area contributed by atoms with Crippen molar-refractivity contribution < 1.29 is 4.79 Å². The van der Waals surface area contributed by atoms with Crippen LogP contribution in [0.4, 0.5) is 0 Å². The third kappa shape index (κ3) is 3.21. The number of hydrogen-bond donors (Lipinski definition) is 1. The molecule has 0 radical (unpaired) electrons. The van der Waals surface area contributed by atoms with Gasteiger partial charge in [-0.1, -0.05) is 31.0 Å². The highest BCUT2D eigenvalue weighted by atomic mass is 16.2. The summed E-state index contributed by atoms with van der Waals surface area (Å²) in [7, 11) is 0. The molecule has 0 unspecified atom stereocenters. The molecule has 110 valence electrons. The minimum atomic E-state index is 0.195. The summed E-state index contributed by atoms with van der Waals surface area (Å²) in [6.07, 6.45) is 5.64. The third-order valence-electron chi connectivity index (χ3n) is 4.32. The first-order valence-electron chi connectivity index (χ1n) is 7.72. The topological polar surface area (TPSA) is 46.3 Å². The van der Waals surface area contributed by atoms with Gasteiger partial charge in [0, 0.05) is 18.2 Å². The number of aryl methyl sites for hydroxylation is 2. The van der Waals surface area contributed by atoms with Crippen molar-refractivity contribution in [2.45, 2.75) is 52.0 Å². The van der Waals surface area contributed by atoms with Crippen LogP contribution in [0.2, 0.25) is 0 Å². The van der Waals surface area contributed by atoms with E-state index in [2.05, 4.69) is 4.90 Å². The largest absolute Gasteiger partial charge is 0.336 e. The van der Waals surface area contributed by atoms with Crippen LogP contribution in [0, 0.1) is 13.8 Å². The van der Waals surface area contributed by atoms with Crippen molar-refractivity contribution in [3.8, 4) is 0 Å². The maximum absolute atomic E-state index is 13.0. The molecule has 0 saturated heterocycles. The van der Waals surface area contributed by atoms with Gasteiger partial charge in [0.2, 0.25) is 0 Å². The molecule has 1 aliphatic carbocycles. The number of nitrogens with two attached hydrogens (primary N) is 1. The molecule has 1 aromatic rings. The maximum atomic E-state index is 13.0. The number of carbonyl (C=O) groups is 1. The molecule has 1 aromatic carbocycles. The molecule has 0 aromatic heterocycles. The Morgan fingerprint density at radius 2 is 1.85 bits per heavy atom. The van der Waals surface area contributed by atoms with E-state index >= 15 is 0 Å². The van der Waals surface area contributed by atoms with Gasteiger partial charge in [-0.2, -0.15) is 0 Å². The van der Waals surface area contributed by atoms with E-state index in [0.717, 1.165) is 42.5 Å². The third-order valence-corrected chi connectivity index (χ3v) is 4.32. The molecule has 0 atom stereocenters. The van der Waals surface area contributed by atoms with Crippen LogP contribution in [0.15, 0.2) is 18.2 Å². The summed E-state index contributed by atoms with van der Waals surface area (Å²) in [6.45, 7) is 5.48. The van der Waals surface area contributed by atoms with Crippen LogP contribution < -0.4 is 5.73 Å². The maximum Gasteiger partial charge on any atom is 0.254 e. The number of amides is 1. The van der Waals surface area contributed by atoms with E-state index in [9.17, 15) is 4.79 Å². The van der Waals surface area contributed by atoms with E-state index in [1.54, 1.807) is 0 Å². The highest BCUT2D eigenvalue weighted by Crippen LogP contribution is 2.26. The van der Waals surface area contributed by atoms with Crippen LogP contribution in [-0.2, 0) is 0 Å². The zero-order valence-electron chi connectivity index (χ0n) is 12.7. The Kier molecular flexibility index (Phi) is 5.18. The van der Waals surface area contributed by atoms with Crippen LogP contribution in [0.3, 0.4) is 0 Å². The molecule has 3 nitrogen and oxygen atoms in total. The van der Waals surface area contributed by atoms with Gasteiger partial charge in [-0.3, -0.25) is 4.79 Å². The summed E-state index contributed by atoms with van der Waals surface area (Å²) in [5.74, 6) is 0.195. The second-order valence-electron chi connectivity index (χ2n) is 5.85. The number of benzene rings is 1. The standard InChI is InChI=1S/C17H26N2O/c1-13-7-5-8-14(2)16(13)17(20)19(12-6-11-18)15-9-3-4-10-15/h5,7-8,15H,3-4,6,9-12,18H2,1-2H3. The van der Waals surface area contributed by atoms with E-state index in [0.29, 0.717) is 12.6 Å². The van der Waals surface area contributed by atoms with Gasteiger partial charge in [-0.25, -0.2) is 0 Å². The Hall–Kier alpha value is -1.35. The van der Waals surface area contributed by atoms with Crippen LogP contribution >= 0.6 is 0 Å². The van der Waals surface area contributed by atoms with Crippen molar-refractivity contribution in [3.05, 3.63) is 34.9 Å². The highest BCUT2D eigenvalue weighted by Gasteiger charge is 2.28. The first-order chi connectivity index (χ1) is 9.65. The fraction of sp³-hybridized carbons (Fsp3) is 0.588. The van der Waals surface area contributed by atoms with E-state index in [-0.39, 0.29) is 5.91 Å². The van der Waals surface area contributed by atoms with Crippen molar-refractivity contribution in [2.24, 2.45) is 5.73 Å². The molecular weight excluding hydrogens is 248 g/mol. The Morgan fingerprint density at radius 3 is 2.40 bits per heavy atom. The highest BCUT2D eigenvalue weighted by molar-refractivity contribution is 5.97. The van der Waals surface area contributed by atoms with Gasteiger partial charge in [0.1, 0.15) is 0 Å². The fourth-order valence-electron chi connectivity index (χ4n) is 3.22. The van der Waals surface area contributed by atoms with E-state index in [1.165, 1.54) is 12.8 Å². The molecular formula is C17H26N2O. The lowest BCUT2D eigenvalue weighted by molar-refractivity contribution is 0.0679. The average molecular weight is 274 g/mol. The predicted octanol–water partition coefficient (Wildman–Crippen LogP) is 3.04. The first-order valence-corrected chi connectivity index (χ1v) is 7.72.